The van der Waals surface area contributed by atoms with Gasteiger partial charge in [0.15, 0.2) is 5.69 Å². The molecule has 0 spiro atoms. The zero-order valence-corrected chi connectivity index (χ0v) is 12.1. The number of amides is 1. The number of rotatable bonds is 3. The van der Waals surface area contributed by atoms with Crippen molar-refractivity contribution in [2.45, 2.75) is 19.1 Å². The Balaban J connectivity index is 1.72. The summed E-state index contributed by atoms with van der Waals surface area (Å²) in [6.45, 7) is 1.37. The summed E-state index contributed by atoms with van der Waals surface area (Å²) < 4.78 is 1.58. The summed E-state index contributed by atoms with van der Waals surface area (Å²) in [5, 5.41) is 18.0. The molecule has 6 nitrogen and oxygen atoms in total. The quantitative estimate of drug-likeness (QED) is 0.924. The topological polar surface area (TPSA) is 71.2 Å². The van der Waals surface area contributed by atoms with Crippen LogP contribution in [0.1, 0.15) is 22.5 Å². The number of nitrogens with zero attached hydrogens (tertiary/aromatic N) is 4. The van der Waals surface area contributed by atoms with Gasteiger partial charge < -0.3 is 10.0 Å². The van der Waals surface area contributed by atoms with Crippen LogP contribution < -0.4 is 0 Å². The summed E-state index contributed by atoms with van der Waals surface area (Å²) in [6.07, 6.45) is 1.78. The minimum Gasteiger partial charge on any atom is -0.391 e. The van der Waals surface area contributed by atoms with E-state index in [1.165, 1.54) is 0 Å². The number of likely N-dealkylation sites (tertiary alicyclic amines) is 1. The number of aromatic nitrogens is 3. The van der Waals surface area contributed by atoms with Crippen LogP contribution in [0.3, 0.4) is 0 Å². The first-order valence-electron chi connectivity index (χ1n) is 6.74. The van der Waals surface area contributed by atoms with Crippen LogP contribution >= 0.6 is 11.6 Å². The molecule has 1 aromatic heterocycles. The largest absolute Gasteiger partial charge is 0.391 e. The van der Waals surface area contributed by atoms with E-state index in [1.807, 2.05) is 24.3 Å². The molecule has 7 heteroatoms. The van der Waals surface area contributed by atoms with Crippen molar-refractivity contribution in [1.82, 2.24) is 19.9 Å². The molecule has 1 atom stereocenters. The van der Waals surface area contributed by atoms with E-state index in [0.717, 1.165) is 5.56 Å². The molecular weight excluding hydrogens is 292 g/mol. The van der Waals surface area contributed by atoms with Gasteiger partial charge in [-0.2, -0.15) is 0 Å². The summed E-state index contributed by atoms with van der Waals surface area (Å²) >= 11 is 6.10. The maximum absolute atomic E-state index is 12.2. The fourth-order valence-electron chi connectivity index (χ4n) is 2.36. The zero-order chi connectivity index (χ0) is 14.8. The molecule has 0 radical (unpaired) electrons. The van der Waals surface area contributed by atoms with Crippen LogP contribution in [0.2, 0.25) is 5.02 Å². The Hall–Kier alpha value is -1.92. The molecule has 1 saturated heterocycles. The number of β-amino-alcohol motifs (C(OH)–C–C–N with tert-alkyl or cyclic N) is 1. The molecule has 21 heavy (non-hydrogen) atoms. The Labute approximate surface area is 126 Å². The molecule has 110 valence electrons. The van der Waals surface area contributed by atoms with E-state index >= 15 is 0 Å². The summed E-state index contributed by atoms with van der Waals surface area (Å²) in [4.78, 5) is 13.8. The molecule has 0 bridgehead atoms. The Kier molecular flexibility index (Phi) is 3.90. The van der Waals surface area contributed by atoms with Gasteiger partial charge >= 0.3 is 0 Å². The summed E-state index contributed by atoms with van der Waals surface area (Å²) in [5.41, 5.74) is 1.20. The van der Waals surface area contributed by atoms with Gasteiger partial charge in [0.05, 0.1) is 18.8 Å². The van der Waals surface area contributed by atoms with Crippen LogP contribution in [-0.4, -0.2) is 50.1 Å². The molecule has 1 fully saturated rings. The van der Waals surface area contributed by atoms with Crippen molar-refractivity contribution in [3.63, 3.8) is 0 Å². The molecule has 0 unspecified atom stereocenters. The van der Waals surface area contributed by atoms with Crippen molar-refractivity contribution >= 4 is 17.5 Å². The highest BCUT2D eigenvalue weighted by molar-refractivity contribution is 6.31. The zero-order valence-electron chi connectivity index (χ0n) is 11.3. The van der Waals surface area contributed by atoms with Crippen LogP contribution in [0.5, 0.6) is 0 Å². The molecule has 1 aliphatic rings. The third-order valence-corrected chi connectivity index (χ3v) is 3.87. The van der Waals surface area contributed by atoms with E-state index in [2.05, 4.69) is 10.3 Å². The van der Waals surface area contributed by atoms with Gasteiger partial charge in [0.1, 0.15) is 0 Å². The Morgan fingerprint density at radius 3 is 2.95 bits per heavy atom. The van der Waals surface area contributed by atoms with Gasteiger partial charge in [0.2, 0.25) is 0 Å². The number of aliphatic hydroxyl groups excluding tert-OH is 1. The summed E-state index contributed by atoms with van der Waals surface area (Å²) in [5.74, 6) is -0.197. The van der Waals surface area contributed by atoms with E-state index < -0.39 is 6.10 Å². The maximum atomic E-state index is 12.2. The first-order chi connectivity index (χ1) is 10.1. The van der Waals surface area contributed by atoms with Crippen molar-refractivity contribution in [1.29, 1.82) is 0 Å². The molecule has 3 rings (SSSR count). The lowest BCUT2D eigenvalue weighted by molar-refractivity contribution is 0.0759. The Morgan fingerprint density at radius 2 is 2.24 bits per heavy atom. The minimum atomic E-state index is -0.438. The van der Waals surface area contributed by atoms with E-state index in [1.54, 1.807) is 15.8 Å². The maximum Gasteiger partial charge on any atom is 0.276 e. The lowest BCUT2D eigenvalue weighted by Gasteiger charge is -2.12. The molecule has 2 heterocycles. The number of carbonyl (C=O) groups is 1. The predicted octanol–water partition coefficient (Wildman–Crippen LogP) is 1.19. The third-order valence-electron chi connectivity index (χ3n) is 3.50. The standard InChI is InChI=1S/C14H15ClN4O2/c15-12-4-2-1-3-10(12)7-19-9-13(16-17-19)14(21)18-6-5-11(20)8-18/h1-4,9,11,20H,5-8H2/t11-/m1/s1. The number of aliphatic hydroxyl groups is 1. The van der Waals surface area contributed by atoms with Crippen LogP contribution in [0.4, 0.5) is 0 Å². The van der Waals surface area contributed by atoms with Gasteiger partial charge in [-0.3, -0.25) is 4.79 Å². The average molecular weight is 307 g/mol. The Bertz CT molecular complexity index is 658. The van der Waals surface area contributed by atoms with Gasteiger partial charge in [-0.1, -0.05) is 35.0 Å². The molecule has 1 N–H and O–H groups in total. The average Bonchev–Trinajstić information content (AvgIpc) is 3.10. The normalized spacial score (nSPS) is 18.2. The van der Waals surface area contributed by atoms with Crippen molar-refractivity contribution in [2.75, 3.05) is 13.1 Å². The molecular formula is C14H15ClN4O2. The van der Waals surface area contributed by atoms with Crippen molar-refractivity contribution in [3.8, 4) is 0 Å². The fourth-order valence-corrected chi connectivity index (χ4v) is 2.56. The molecule has 2 aromatic rings. The van der Waals surface area contributed by atoms with Gasteiger partial charge in [0.25, 0.3) is 5.91 Å². The second-order valence-corrected chi connectivity index (χ2v) is 5.49. The number of carbonyl (C=O) groups excluding carboxylic acids is 1. The number of hydrogen-bond donors (Lipinski definition) is 1. The van der Waals surface area contributed by atoms with Gasteiger partial charge in [-0.25, -0.2) is 4.68 Å². The Morgan fingerprint density at radius 1 is 1.43 bits per heavy atom. The fraction of sp³-hybridized carbons (Fsp3) is 0.357. The molecule has 0 aliphatic carbocycles. The SMILES string of the molecule is O=C(c1cn(Cc2ccccc2Cl)nn1)N1CC[C@@H](O)C1. The number of hydrogen-bond acceptors (Lipinski definition) is 4. The minimum absolute atomic E-state index is 0.197. The molecule has 1 aromatic carbocycles. The van der Waals surface area contributed by atoms with Crippen LogP contribution in [0, 0.1) is 0 Å². The number of benzene rings is 1. The lowest BCUT2D eigenvalue weighted by atomic mass is 10.2. The second-order valence-electron chi connectivity index (χ2n) is 5.09. The van der Waals surface area contributed by atoms with Crippen LogP contribution in [-0.2, 0) is 6.54 Å². The first-order valence-corrected chi connectivity index (χ1v) is 7.12. The van der Waals surface area contributed by atoms with E-state index in [0.29, 0.717) is 31.1 Å². The summed E-state index contributed by atoms with van der Waals surface area (Å²) in [6, 6.07) is 7.48. The smallest absolute Gasteiger partial charge is 0.276 e. The van der Waals surface area contributed by atoms with E-state index in [9.17, 15) is 9.90 Å². The number of halogens is 1. The van der Waals surface area contributed by atoms with E-state index in [-0.39, 0.29) is 11.6 Å². The lowest BCUT2D eigenvalue weighted by Crippen LogP contribution is -2.29. The molecule has 1 amide bonds. The monoisotopic (exact) mass is 306 g/mol. The van der Waals surface area contributed by atoms with Gasteiger partial charge in [0, 0.05) is 18.1 Å². The van der Waals surface area contributed by atoms with Gasteiger partial charge in [-0.05, 0) is 18.1 Å². The van der Waals surface area contributed by atoms with Gasteiger partial charge in [-0.15, -0.1) is 5.10 Å². The highest BCUT2D eigenvalue weighted by Crippen LogP contribution is 2.16. The van der Waals surface area contributed by atoms with E-state index in [4.69, 9.17) is 11.6 Å². The van der Waals surface area contributed by atoms with Crippen molar-refractivity contribution in [3.05, 3.63) is 46.7 Å². The molecule has 1 aliphatic heterocycles. The highest BCUT2D eigenvalue weighted by Gasteiger charge is 2.27. The second kappa shape index (κ2) is 5.83. The van der Waals surface area contributed by atoms with Crippen LogP contribution in [0.25, 0.3) is 0 Å². The highest BCUT2D eigenvalue weighted by atomic mass is 35.5. The third kappa shape index (κ3) is 3.06. The van der Waals surface area contributed by atoms with Crippen molar-refractivity contribution in [2.24, 2.45) is 0 Å². The predicted molar refractivity (Wildman–Crippen MR) is 77.1 cm³/mol. The first kappa shape index (κ1) is 14.0. The molecule has 0 saturated carbocycles. The summed E-state index contributed by atoms with van der Waals surface area (Å²) in [7, 11) is 0. The van der Waals surface area contributed by atoms with Crippen LogP contribution in [0.15, 0.2) is 30.5 Å². The van der Waals surface area contributed by atoms with Crippen molar-refractivity contribution < 1.29 is 9.90 Å².